The van der Waals surface area contributed by atoms with Crippen molar-refractivity contribution >= 4 is 24.1 Å². The largest absolute Gasteiger partial charge is 0.480 e. The van der Waals surface area contributed by atoms with Crippen molar-refractivity contribution in [3.63, 3.8) is 0 Å². The third kappa shape index (κ3) is 6.80. The molecule has 1 saturated heterocycles. The molecule has 10 heteroatoms. The maximum Gasteiger partial charge on any atom is 0.408 e. The predicted octanol–water partition coefficient (Wildman–Crippen LogP) is 4.67. The summed E-state index contributed by atoms with van der Waals surface area (Å²) >= 11 is 0. The zero-order valence-corrected chi connectivity index (χ0v) is 23.9. The smallest absolute Gasteiger partial charge is 0.408 e. The highest BCUT2D eigenvalue weighted by molar-refractivity contribution is 5.90. The molecule has 3 aromatic carbocycles. The van der Waals surface area contributed by atoms with Crippen LogP contribution in [0.5, 0.6) is 0 Å². The summed E-state index contributed by atoms with van der Waals surface area (Å²) in [5.41, 5.74) is 5.07. The monoisotopic (exact) mass is 585 g/mol. The molecule has 3 aromatic rings. The number of carbonyl (C=O) groups is 4. The number of nitrogens with one attached hydrogen (secondary N) is 2. The Labute approximate surface area is 250 Å². The minimum absolute atomic E-state index is 0.0246. The minimum atomic E-state index is -1.29. The molecule has 2 unspecified atom stereocenters. The van der Waals surface area contributed by atoms with Crippen molar-refractivity contribution in [2.75, 3.05) is 13.2 Å². The number of likely N-dealkylation sites (tertiary alicyclic amines) is 1. The van der Waals surface area contributed by atoms with Crippen LogP contribution < -0.4 is 10.6 Å². The van der Waals surface area contributed by atoms with Crippen LogP contribution in [-0.4, -0.2) is 65.3 Å². The average molecular weight is 586 g/mol. The Hall–Kier alpha value is -4.86. The molecular weight excluding hydrogens is 550 g/mol. The molecule has 1 heterocycles. The number of carbonyl (C=O) groups excluding carboxylic acids is 3. The summed E-state index contributed by atoms with van der Waals surface area (Å²) in [6.07, 6.45) is -0.0202. The second kappa shape index (κ2) is 13.4. The first kappa shape index (κ1) is 29.6. The summed E-state index contributed by atoms with van der Waals surface area (Å²) in [5, 5.41) is 15.0. The van der Waals surface area contributed by atoms with E-state index >= 15 is 0 Å². The molecule has 3 N–H and O–H groups in total. The number of aliphatic carboxylic acids is 1. The number of rotatable bonds is 9. The first-order chi connectivity index (χ1) is 20.8. The van der Waals surface area contributed by atoms with Crippen molar-refractivity contribution in [2.45, 2.75) is 56.8 Å². The molecule has 0 spiro atoms. The Morgan fingerprint density at radius 3 is 2.09 bits per heavy atom. The van der Waals surface area contributed by atoms with Crippen molar-refractivity contribution in [1.29, 1.82) is 0 Å². The Balaban J connectivity index is 1.27. The van der Waals surface area contributed by atoms with Crippen molar-refractivity contribution in [2.24, 2.45) is 0 Å². The van der Waals surface area contributed by atoms with E-state index in [1.807, 2.05) is 66.7 Å². The fraction of sp³-hybridized carbons (Fsp3) is 0.333. The summed E-state index contributed by atoms with van der Waals surface area (Å²) in [7, 11) is 0. The molecule has 5 rings (SSSR count). The van der Waals surface area contributed by atoms with Crippen molar-refractivity contribution < 1.29 is 33.8 Å². The number of carboxylic acid groups (broad SMARTS) is 1. The van der Waals surface area contributed by atoms with Gasteiger partial charge in [-0.25, -0.2) is 14.4 Å². The molecule has 1 aliphatic carbocycles. The fourth-order valence-corrected chi connectivity index (χ4v) is 5.83. The second-order valence-electron chi connectivity index (χ2n) is 10.8. The second-order valence-corrected chi connectivity index (χ2v) is 10.8. The van der Waals surface area contributed by atoms with Gasteiger partial charge in [-0.05, 0) is 54.0 Å². The normalized spacial score (nSPS) is 17.1. The molecule has 3 amide bonds. The van der Waals surface area contributed by atoms with Gasteiger partial charge in [0, 0.05) is 12.5 Å². The zero-order chi connectivity index (χ0) is 30.3. The third-order valence-electron chi connectivity index (χ3n) is 8.01. The van der Waals surface area contributed by atoms with Gasteiger partial charge in [0.2, 0.25) is 5.91 Å². The van der Waals surface area contributed by atoms with E-state index in [0.717, 1.165) is 27.8 Å². The number of benzene rings is 3. The molecule has 0 aromatic heterocycles. The Bertz CT molecular complexity index is 1430. The highest BCUT2D eigenvalue weighted by Crippen LogP contribution is 2.44. The summed E-state index contributed by atoms with van der Waals surface area (Å²) in [6, 6.07) is 21.8. The number of amides is 3. The van der Waals surface area contributed by atoms with E-state index in [1.54, 1.807) is 19.1 Å². The van der Waals surface area contributed by atoms with Gasteiger partial charge in [0.25, 0.3) is 0 Å². The lowest BCUT2D eigenvalue weighted by Gasteiger charge is -2.37. The number of hydrogen-bond acceptors (Lipinski definition) is 6. The minimum Gasteiger partial charge on any atom is -0.480 e. The van der Waals surface area contributed by atoms with Gasteiger partial charge in [0.1, 0.15) is 25.3 Å². The summed E-state index contributed by atoms with van der Waals surface area (Å²) in [6.45, 7) is 1.83. The molecule has 0 saturated carbocycles. The van der Waals surface area contributed by atoms with Crippen LogP contribution >= 0.6 is 0 Å². The Morgan fingerprint density at radius 1 is 0.837 bits per heavy atom. The number of hydrogen-bond donors (Lipinski definition) is 3. The average Bonchev–Trinajstić information content (AvgIpc) is 3.35. The van der Waals surface area contributed by atoms with E-state index < -0.39 is 42.2 Å². The molecule has 224 valence electrons. The van der Waals surface area contributed by atoms with Gasteiger partial charge in [0.05, 0.1) is 6.04 Å². The van der Waals surface area contributed by atoms with Crippen LogP contribution in [0, 0.1) is 0 Å². The van der Waals surface area contributed by atoms with Crippen LogP contribution in [0.3, 0.4) is 0 Å². The van der Waals surface area contributed by atoms with Gasteiger partial charge in [-0.15, -0.1) is 0 Å². The topological polar surface area (TPSA) is 134 Å². The molecule has 10 nitrogen and oxygen atoms in total. The lowest BCUT2D eigenvalue weighted by Crippen LogP contribution is -2.61. The van der Waals surface area contributed by atoms with Crippen LogP contribution in [0.15, 0.2) is 78.9 Å². The van der Waals surface area contributed by atoms with Crippen LogP contribution in [0.2, 0.25) is 0 Å². The van der Waals surface area contributed by atoms with Gasteiger partial charge >= 0.3 is 18.2 Å². The fourth-order valence-electron chi connectivity index (χ4n) is 5.83. The van der Waals surface area contributed by atoms with Crippen LogP contribution in [0.25, 0.3) is 11.1 Å². The van der Waals surface area contributed by atoms with E-state index in [-0.39, 0.29) is 25.7 Å². The van der Waals surface area contributed by atoms with E-state index in [4.69, 9.17) is 9.47 Å². The van der Waals surface area contributed by atoms with E-state index in [9.17, 15) is 24.3 Å². The standard InChI is InChI=1S/C33H35N3O7/c1-21(34-32(40)43-20-27-25-15-7-5-13-23(25)24-14-6-8-16-26(24)27)29(30(37)36-18-10-9-17-28(36)31(38)39)35-33(41)42-19-22-11-3-2-4-12-22/h2-8,11-16,21,27-29H,9-10,17-20H2,1H3,(H,34,40)(H,35,41)(H,38,39)/t21?,28-,29?/m0/s1. The predicted molar refractivity (Wildman–Crippen MR) is 158 cm³/mol. The number of carboxylic acids is 1. The number of piperidine rings is 1. The molecule has 0 radical (unpaired) electrons. The lowest BCUT2D eigenvalue weighted by molar-refractivity contribution is -0.153. The zero-order valence-electron chi connectivity index (χ0n) is 23.9. The van der Waals surface area contributed by atoms with Gasteiger partial charge < -0.3 is 30.1 Å². The maximum atomic E-state index is 13.7. The molecular formula is C33H35N3O7. The van der Waals surface area contributed by atoms with Crippen molar-refractivity contribution in [3.05, 3.63) is 95.6 Å². The van der Waals surface area contributed by atoms with Crippen LogP contribution in [0.4, 0.5) is 9.59 Å². The number of nitrogens with zero attached hydrogens (tertiary/aromatic N) is 1. The van der Waals surface area contributed by atoms with Crippen LogP contribution in [-0.2, 0) is 25.7 Å². The quantitative estimate of drug-likeness (QED) is 0.332. The van der Waals surface area contributed by atoms with Gasteiger partial charge in [-0.1, -0.05) is 78.9 Å². The summed E-state index contributed by atoms with van der Waals surface area (Å²) in [4.78, 5) is 52.7. The number of ether oxygens (including phenoxy) is 2. The maximum absolute atomic E-state index is 13.7. The highest BCUT2D eigenvalue weighted by atomic mass is 16.6. The Morgan fingerprint density at radius 2 is 1.44 bits per heavy atom. The first-order valence-electron chi connectivity index (χ1n) is 14.5. The highest BCUT2D eigenvalue weighted by Gasteiger charge is 2.39. The molecule has 1 aliphatic heterocycles. The number of alkyl carbamates (subject to hydrolysis) is 2. The Kier molecular flexibility index (Phi) is 9.24. The molecule has 0 bridgehead atoms. The van der Waals surface area contributed by atoms with E-state index in [0.29, 0.717) is 19.3 Å². The molecule has 3 atom stereocenters. The molecule has 43 heavy (non-hydrogen) atoms. The molecule has 1 fully saturated rings. The third-order valence-corrected chi connectivity index (χ3v) is 8.01. The SMILES string of the molecule is CC(NC(=O)OCC1c2ccccc2-c2ccccc21)C(NC(=O)OCc1ccccc1)C(=O)N1CCCC[C@H]1C(=O)O. The summed E-state index contributed by atoms with van der Waals surface area (Å²) in [5.74, 6) is -1.88. The van der Waals surface area contributed by atoms with Gasteiger partial charge in [0.15, 0.2) is 0 Å². The number of fused-ring (bicyclic) bond motifs is 3. The van der Waals surface area contributed by atoms with Gasteiger partial charge in [-0.2, -0.15) is 0 Å². The van der Waals surface area contributed by atoms with Crippen molar-refractivity contribution in [1.82, 2.24) is 15.5 Å². The van der Waals surface area contributed by atoms with E-state index in [2.05, 4.69) is 10.6 Å². The van der Waals surface area contributed by atoms with E-state index in [1.165, 1.54) is 4.90 Å². The van der Waals surface area contributed by atoms with Gasteiger partial charge in [-0.3, -0.25) is 4.79 Å². The first-order valence-corrected chi connectivity index (χ1v) is 14.5. The lowest BCUT2D eigenvalue weighted by atomic mass is 9.98. The van der Waals surface area contributed by atoms with Crippen LogP contribution in [0.1, 0.15) is 48.8 Å². The summed E-state index contributed by atoms with van der Waals surface area (Å²) < 4.78 is 11.0. The molecule has 2 aliphatic rings. The van der Waals surface area contributed by atoms with Crippen molar-refractivity contribution in [3.8, 4) is 11.1 Å².